The van der Waals surface area contributed by atoms with Gasteiger partial charge in [0.2, 0.25) is 5.91 Å². The van der Waals surface area contributed by atoms with Crippen LogP contribution in [0.15, 0.2) is 58.4 Å². The average Bonchev–Trinajstić information content (AvgIpc) is 2.81. The van der Waals surface area contributed by atoms with Crippen molar-refractivity contribution in [2.24, 2.45) is 4.99 Å². The number of benzene rings is 2. The molecule has 1 heterocycles. The number of hydrogen-bond acceptors (Lipinski definition) is 4. The molecule has 2 aromatic carbocycles. The number of hydrogen-bond donors (Lipinski definition) is 2. The lowest BCUT2D eigenvalue weighted by molar-refractivity contribution is -0.117. The standard InChI is InChI=1S/C17H17N3O3S/c1-11-7-9-13(10-8-11)19-17(21)12(2)18-16-14-5-3-4-6-15(14)24(22,23)20-16/h3-10,12H,1-2H3,(H,18,20)(H,19,21)/t12-/m0/s1. The molecule has 2 aromatic rings. The molecule has 124 valence electrons. The zero-order chi connectivity index (χ0) is 17.3. The monoisotopic (exact) mass is 343 g/mol. The van der Waals surface area contributed by atoms with Crippen LogP contribution in [0.5, 0.6) is 0 Å². The van der Waals surface area contributed by atoms with Gasteiger partial charge in [0.15, 0.2) is 0 Å². The summed E-state index contributed by atoms with van der Waals surface area (Å²) in [4.78, 5) is 16.7. The van der Waals surface area contributed by atoms with E-state index in [4.69, 9.17) is 0 Å². The van der Waals surface area contributed by atoms with Gasteiger partial charge in [-0.2, -0.15) is 0 Å². The van der Waals surface area contributed by atoms with Crippen molar-refractivity contribution in [3.8, 4) is 0 Å². The SMILES string of the molecule is Cc1ccc(NC(=O)[C@H](C)N=C2NS(=O)(=O)c3ccccc32)cc1. The number of amides is 1. The maximum Gasteiger partial charge on any atom is 0.263 e. The quantitative estimate of drug-likeness (QED) is 0.894. The van der Waals surface area contributed by atoms with E-state index in [1.165, 1.54) is 6.07 Å². The first-order chi connectivity index (χ1) is 11.4. The predicted octanol–water partition coefficient (Wildman–Crippen LogP) is 2.06. The van der Waals surface area contributed by atoms with Crippen molar-refractivity contribution in [1.29, 1.82) is 0 Å². The Morgan fingerprint density at radius 3 is 2.50 bits per heavy atom. The van der Waals surface area contributed by atoms with E-state index in [2.05, 4.69) is 15.0 Å². The largest absolute Gasteiger partial charge is 0.324 e. The van der Waals surface area contributed by atoms with E-state index in [1.54, 1.807) is 37.3 Å². The predicted molar refractivity (Wildman–Crippen MR) is 92.6 cm³/mol. The third-order valence-corrected chi connectivity index (χ3v) is 5.08. The third kappa shape index (κ3) is 3.16. The summed E-state index contributed by atoms with van der Waals surface area (Å²) in [5.74, 6) is -0.118. The number of carbonyl (C=O) groups excluding carboxylic acids is 1. The summed E-state index contributed by atoms with van der Waals surface area (Å²) in [6, 6.07) is 13.2. The summed E-state index contributed by atoms with van der Waals surface area (Å²) in [7, 11) is -3.60. The number of amidine groups is 1. The Balaban J connectivity index is 1.81. The molecule has 3 rings (SSSR count). The van der Waals surface area contributed by atoms with Gasteiger partial charge in [-0.15, -0.1) is 0 Å². The fraction of sp³-hybridized carbons (Fsp3) is 0.176. The summed E-state index contributed by atoms with van der Waals surface area (Å²) in [5, 5.41) is 2.76. The van der Waals surface area contributed by atoms with E-state index in [-0.39, 0.29) is 16.6 Å². The molecule has 0 unspecified atom stereocenters. The minimum absolute atomic E-state index is 0.176. The number of aliphatic imine (C=N–C) groups is 1. The summed E-state index contributed by atoms with van der Waals surface area (Å²) in [5.41, 5.74) is 2.25. The highest BCUT2D eigenvalue weighted by molar-refractivity contribution is 7.90. The molecule has 0 aromatic heterocycles. The molecule has 1 amide bonds. The minimum Gasteiger partial charge on any atom is -0.324 e. The second-order valence-corrected chi connectivity index (χ2v) is 7.26. The van der Waals surface area contributed by atoms with Crippen LogP contribution in [0.4, 0.5) is 5.69 Å². The lowest BCUT2D eigenvalue weighted by Gasteiger charge is -2.10. The van der Waals surface area contributed by atoms with Crippen LogP contribution in [0, 0.1) is 6.92 Å². The Bertz CT molecular complexity index is 918. The van der Waals surface area contributed by atoms with E-state index in [0.29, 0.717) is 11.3 Å². The van der Waals surface area contributed by atoms with Gasteiger partial charge < -0.3 is 5.32 Å². The number of carbonyl (C=O) groups is 1. The lowest BCUT2D eigenvalue weighted by Crippen LogP contribution is -2.28. The molecule has 24 heavy (non-hydrogen) atoms. The number of fused-ring (bicyclic) bond motifs is 1. The van der Waals surface area contributed by atoms with Crippen LogP contribution in [-0.2, 0) is 14.8 Å². The molecule has 2 N–H and O–H groups in total. The van der Waals surface area contributed by atoms with Crippen LogP contribution >= 0.6 is 0 Å². The number of sulfonamides is 1. The van der Waals surface area contributed by atoms with Gasteiger partial charge in [0, 0.05) is 11.3 Å². The molecule has 0 saturated heterocycles. The Kier molecular flexibility index (Phi) is 4.11. The van der Waals surface area contributed by atoms with Crippen LogP contribution in [0.1, 0.15) is 18.1 Å². The van der Waals surface area contributed by atoms with Crippen LogP contribution < -0.4 is 10.0 Å². The normalized spacial score (nSPS) is 17.8. The van der Waals surface area contributed by atoms with Gasteiger partial charge in [0.25, 0.3) is 10.0 Å². The van der Waals surface area contributed by atoms with Crippen LogP contribution in [0.25, 0.3) is 0 Å². The molecule has 7 heteroatoms. The first-order valence-electron chi connectivity index (χ1n) is 7.44. The Morgan fingerprint density at radius 1 is 1.12 bits per heavy atom. The molecule has 0 bridgehead atoms. The summed E-state index contributed by atoms with van der Waals surface area (Å²) >= 11 is 0. The number of nitrogens with one attached hydrogen (secondary N) is 2. The van der Waals surface area contributed by atoms with Gasteiger partial charge in [-0.3, -0.25) is 14.5 Å². The second kappa shape index (κ2) is 6.09. The summed E-state index contributed by atoms with van der Waals surface area (Å²) in [6.45, 7) is 3.58. The highest BCUT2D eigenvalue weighted by atomic mass is 32.2. The Labute approximate surface area is 140 Å². The average molecular weight is 343 g/mol. The van der Waals surface area contributed by atoms with Crippen molar-refractivity contribution in [2.75, 3.05) is 5.32 Å². The van der Waals surface area contributed by atoms with Gasteiger partial charge in [0.05, 0.1) is 4.90 Å². The second-order valence-electron chi connectivity index (χ2n) is 5.61. The highest BCUT2D eigenvalue weighted by Crippen LogP contribution is 2.22. The molecule has 0 fully saturated rings. The Morgan fingerprint density at radius 2 is 1.79 bits per heavy atom. The van der Waals surface area contributed by atoms with Crippen LogP contribution in [0.3, 0.4) is 0 Å². The molecule has 1 aliphatic rings. The van der Waals surface area contributed by atoms with Gasteiger partial charge in [0.1, 0.15) is 11.9 Å². The van der Waals surface area contributed by atoms with Gasteiger partial charge >= 0.3 is 0 Å². The van der Waals surface area contributed by atoms with E-state index < -0.39 is 16.1 Å². The van der Waals surface area contributed by atoms with Crippen LogP contribution in [-0.4, -0.2) is 26.2 Å². The molecule has 0 aliphatic carbocycles. The molecule has 6 nitrogen and oxygen atoms in total. The van der Waals surface area contributed by atoms with Crippen molar-refractivity contribution >= 4 is 27.5 Å². The fourth-order valence-corrected chi connectivity index (χ4v) is 3.60. The molecule has 1 atom stereocenters. The molecular weight excluding hydrogens is 326 g/mol. The van der Waals surface area contributed by atoms with E-state index in [1.807, 2.05) is 19.1 Å². The molecule has 0 radical (unpaired) electrons. The van der Waals surface area contributed by atoms with Crippen molar-refractivity contribution in [3.05, 3.63) is 59.7 Å². The smallest absolute Gasteiger partial charge is 0.263 e. The third-order valence-electron chi connectivity index (χ3n) is 3.68. The number of aryl methyl sites for hydroxylation is 1. The van der Waals surface area contributed by atoms with E-state index >= 15 is 0 Å². The number of rotatable bonds is 3. The topological polar surface area (TPSA) is 87.6 Å². The van der Waals surface area contributed by atoms with Crippen molar-refractivity contribution in [2.45, 2.75) is 24.8 Å². The van der Waals surface area contributed by atoms with Crippen molar-refractivity contribution < 1.29 is 13.2 Å². The maximum atomic E-state index is 12.3. The molecule has 1 aliphatic heterocycles. The number of nitrogens with zero attached hydrogens (tertiary/aromatic N) is 1. The highest BCUT2D eigenvalue weighted by Gasteiger charge is 2.31. The first-order valence-corrected chi connectivity index (χ1v) is 8.93. The summed E-state index contributed by atoms with van der Waals surface area (Å²) in [6.07, 6.45) is 0. The molecule has 0 saturated carbocycles. The van der Waals surface area contributed by atoms with E-state index in [9.17, 15) is 13.2 Å². The maximum absolute atomic E-state index is 12.3. The fourth-order valence-electron chi connectivity index (χ4n) is 2.37. The zero-order valence-electron chi connectivity index (χ0n) is 13.3. The van der Waals surface area contributed by atoms with Gasteiger partial charge in [-0.25, -0.2) is 8.42 Å². The van der Waals surface area contributed by atoms with Crippen LogP contribution in [0.2, 0.25) is 0 Å². The first kappa shape index (κ1) is 16.2. The molecule has 0 spiro atoms. The Hall–Kier alpha value is -2.67. The van der Waals surface area contributed by atoms with Gasteiger partial charge in [-0.1, -0.05) is 29.8 Å². The lowest BCUT2D eigenvalue weighted by atomic mass is 10.2. The van der Waals surface area contributed by atoms with Crippen molar-refractivity contribution in [3.63, 3.8) is 0 Å². The summed E-state index contributed by atoms with van der Waals surface area (Å²) < 4.78 is 26.5. The molecular formula is C17H17N3O3S. The van der Waals surface area contributed by atoms with E-state index in [0.717, 1.165) is 5.56 Å². The van der Waals surface area contributed by atoms with Crippen molar-refractivity contribution in [1.82, 2.24) is 4.72 Å². The zero-order valence-corrected chi connectivity index (χ0v) is 14.1. The number of anilines is 1. The minimum atomic E-state index is -3.60. The van der Waals surface area contributed by atoms with Gasteiger partial charge in [-0.05, 0) is 38.1 Å².